The third-order valence-corrected chi connectivity index (χ3v) is 6.94. The Hall–Kier alpha value is -3.47. The Bertz CT molecular complexity index is 1320. The lowest BCUT2D eigenvalue weighted by atomic mass is 9.94. The molecule has 0 aliphatic carbocycles. The Labute approximate surface area is 209 Å². The van der Waals surface area contributed by atoms with Crippen LogP contribution in [0.3, 0.4) is 0 Å². The number of alkyl halides is 1. The Morgan fingerprint density at radius 2 is 2.14 bits per heavy atom. The van der Waals surface area contributed by atoms with Crippen molar-refractivity contribution in [1.82, 2.24) is 24.8 Å². The topological polar surface area (TPSA) is 132 Å². The molecule has 0 bridgehead atoms. The Morgan fingerprint density at radius 1 is 1.31 bits per heavy atom. The van der Waals surface area contributed by atoms with Crippen LogP contribution < -0.4 is 5.73 Å². The highest BCUT2D eigenvalue weighted by molar-refractivity contribution is 9.10. The molecular formula is C24H25BrFN7O2. The number of carboxylic acid groups (broad SMARTS) is 1. The van der Waals surface area contributed by atoms with Crippen LogP contribution in [0.4, 0.5) is 10.2 Å². The minimum Gasteiger partial charge on any atom is -0.479 e. The van der Waals surface area contributed by atoms with Gasteiger partial charge in [-0.2, -0.15) is 19.8 Å². The van der Waals surface area contributed by atoms with Crippen LogP contribution in [0.15, 0.2) is 46.3 Å². The Kier molecular flexibility index (Phi) is 7.64. The molecule has 2 atom stereocenters. The second kappa shape index (κ2) is 10.9. The molecule has 2 unspecified atom stereocenters. The van der Waals surface area contributed by atoms with Crippen LogP contribution in [0, 0.1) is 5.92 Å². The van der Waals surface area contributed by atoms with Gasteiger partial charge >= 0.3 is 5.97 Å². The molecule has 35 heavy (non-hydrogen) atoms. The number of aromatic nitrogens is 5. The van der Waals surface area contributed by atoms with Crippen LogP contribution >= 0.6 is 15.9 Å². The smallest absolute Gasteiger partial charge is 0.338 e. The van der Waals surface area contributed by atoms with Crippen LogP contribution in [0.25, 0.3) is 16.8 Å². The monoisotopic (exact) mass is 541 g/mol. The van der Waals surface area contributed by atoms with Crippen molar-refractivity contribution in [2.24, 2.45) is 10.9 Å². The number of aliphatic carboxylic acids is 1. The first-order valence-corrected chi connectivity index (χ1v) is 12.1. The number of nitrogens with two attached hydrogens (primary N) is 1. The number of aryl methyl sites for hydroxylation is 1. The second-order valence-corrected chi connectivity index (χ2v) is 9.06. The van der Waals surface area contributed by atoms with E-state index in [0.717, 1.165) is 22.3 Å². The molecule has 0 radical (unpaired) electrons. The number of nitrogens with zero attached hydrogens (tertiary/aromatic N) is 6. The average Bonchev–Trinajstić information content (AvgIpc) is 3.13. The standard InChI is InChI=1S/C24H25BrFN7O2/c1-2-14(21(26)24(34)35)4-3-5-19-20(25)22(27)33-23(32-19)18(13-31-33)17-7-6-15(10-28-11-17)16-8-9-29-30-12-16/h6-9,11-14,21H,2-5,10,27H2,1H3,(H,34,35). The van der Waals surface area contributed by atoms with Crippen molar-refractivity contribution in [3.05, 3.63) is 58.1 Å². The van der Waals surface area contributed by atoms with Crippen LogP contribution in [-0.2, 0) is 11.2 Å². The van der Waals surface area contributed by atoms with Crippen molar-refractivity contribution in [3.63, 3.8) is 0 Å². The summed E-state index contributed by atoms with van der Waals surface area (Å²) in [4.78, 5) is 20.4. The van der Waals surface area contributed by atoms with Gasteiger partial charge in [0.25, 0.3) is 0 Å². The number of carboxylic acids is 1. The van der Waals surface area contributed by atoms with Gasteiger partial charge in [-0.3, -0.25) is 4.99 Å². The lowest BCUT2D eigenvalue weighted by molar-refractivity contribution is -0.145. The van der Waals surface area contributed by atoms with Crippen LogP contribution in [-0.4, -0.2) is 54.8 Å². The van der Waals surface area contributed by atoms with E-state index in [1.54, 1.807) is 36.2 Å². The van der Waals surface area contributed by atoms with Gasteiger partial charge in [-0.05, 0) is 53.3 Å². The van der Waals surface area contributed by atoms with E-state index in [4.69, 9.17) is 15.8 Å². The fourth-order valence-electron chi connectivity index (χ4n) is 4.06. The van der Waals surface area contributed by atoms with Crippen LogP contribution in [0.1, 0.15) is 43.0 Å². The number of hydrogen-bond acceptors (Lipinski definition) is 7. The second-order valence-electron chi connectivity index (χ2n) is 8.27. The maximum Gasteiger partial charge on any atom is 0.338 e. The molecule has 0 saturated carbocycles. The predicted molar refractivity (Wildman–Crippen MR) is 136 cm³/mol. The summed E-state index contributed by atoms with van der Waals surface area (Å²) in [7, 11) is 0. The molecule has 182 valence electrons. The normalized spacial score (nSPS) is 15.4. The van der Waals surface area contributed by atoms with Gasteiger partial charge in [-0.25, -0.2) is 14.2 Å². The summed E-state index contributed by atoms with van der Waals surface area (Å²) in [5, 5.41) is 21.1. The van der Waals surface area contributed by atoms with E-state index in [1.807, 2.05) is 18.2 Å². The first-order chi connectivity index (χ1) is 16.9. The fraction of sp³-hybridized carbons (Fsp3) is 0.333. The largest absolute Gasteiger partial charge is 0.479 e. The summed E-state index contributed by atoms with van der Waals surface area (Å²) in [6, 6.07) is 1.89. The van der Waals surface area contributed by atoms with E-state index < -0.39 is 18.1 Å². The highest BCUT2D eigenvalue weighted by atomic mass is 79.9. The van der Waals surface area contributed by atoms with E-state index >= 15 is 0 Å². The van der Waals surface area contributed by atoms with Crippen molar-refractivity contribution in [1.29, 1.82) is 0 Å². The molecule has 0 aromatic carbocycles. The third-order valence-electron chi connectivity index (χ3n) is 6.08. The first-order valence-electron chi connectivity index (χ1n) is 11.3. The van der Waals surface area contributed by atoms with Gasteiger partial charge in [0, 0.05) is 28.8 Å². The predicted octanol–water partition coefficient (Wildman–Crippen LogP) is 4.19. The molecule has 3 aromatic heterocycles. The van der Waals surface area contributed by atoms with E-state index in [1.165, 1.54) is 0 Å². The molecule has 1 aliphatic rings. The summed E-state index contributed by atoms with van der Waals surface area (Å²) < 4.78 is 16.2. The first kappa shape index (κ1) is 24.6. The molecule has 0 amide bonds. The SMILES string of the molecule is CCC(CCCc1nc2c(C3=CC=C(c4ccnnc4)CN=C3)cnn2c(N)c1Br)C(F)C(=O)O. The number of anilines is 1. The number of allylic oxidation sites excluding steroid dienone is 3. The fourth-order valence-corrected chi connectivity index (χ4v) is 4.51. The van der Waals surface area contributed by atoms with Gasteiger partial charge in [0.1, 0.15) is 5.82 Å². The molecule has 3 aromatic rings. The lowest BCUT2D eigenvalue weighted by Crippen LogP contribution is -2.24. The van der Waals surface area contributed by atoms with Gasteiger partial charge in [0.15, 0.2) is 11.8 Å². The molecule has 0 saturated heterocycles. The summed E-state index contributed by atoms with van der Waals surface area (Å²) in [5.74, 6) is -1.55. The minimum atomic E-state index is -1.87. The van der Waals surface area contributed by atoms with E-state index in [2.05, 4.69) is 36.2 Å². The van der Waals surface area contributed by atoms with Gasteiger partial charge in [-0.15, -0.1) is 0 Å². The van der Waals surface area contributed by atoms with Crippen molar-refractivity contribution in [2.45, 2.75) is 38.8 Å². The molecule has 9 nitrogen and oxygen atoms in total. The van der Waals surface area contributed by atoms with Gasteiger partial charge < -0.3 is 10.8 Å². The number of hydrogen-bond donors (Lipinski definition) is 2. The quantitative estimate of drug-likeness (QED) is 0.415. The Morgan fingerprint density at radius 3 is 2.86 bits per heavy atom. The maximum absolute atomic E-state index is 14.0. The summed E-state index contributed by atoms with van der Waals surface area (Å²) in [6.45, 7) is 2.30. The lowest BCUT2D eigenvalue weighted by Gasteiger charge is -2.16. The summed E-state index contributed by atoms with van der Waals surface area (Å²) in [5.41, 5.74) is 11.2. The third kappa shape index (κ3) is 5.29. The zero-order valence-electron chi connectivity index (χ0n) is 19.1. The molecule has 4 rings (SSSR count). The van der Waals surface area contributed by atoms with Crippen molar-refractivity contribution in [2.75, 3.05) is 12.3 Å². The highest BCUT2D eigenvalue weighted by Gasteiger charge is 2.26. The van der Waals surface area contributed by atoms with E-state index in [0.29, 0.717) is 53.9 Å². The minimum absolute atomic E-state index is 0.405. The molecule has 1 aliphatic heterocycles. The van der Waals surface area contributed by atoms with Crippen molar-refractivity contribution >= 4 is 50.7 Å². The molecular weight excluding hydrogens is 517 g/mol. The molecule has 0 fully saturated rings. The van der Waals surface area contributed by atoms with Gasteiger partial charge in [-0.1, -0.05) is 19.1 Å². The molecule has 0 spiro atoms. The number of carbonyl (C=O) groups is 1. The average molecular weight is 542 g/mol. The van der Waals surface area contributed by atoms with E-state index in [-0.39, 0.29) is 0 Å². The molecule has 11 heteroatoms. The van der Waals surface area contributed by atoms with Crippen molar-refractivity contribution in [3.8, 4) is 0 Å². The Balaban J connectivity index is 1.61. The number of fused-ring (bicyclic) bond motifs is 1. The number of rotatable bonds is 9. The van der Waals surface area contributed by atoms with Gasteiger partial charge in [0.05, 0.1) is 35.3 Å². The number of aliphatic imine (C=N–C) groups is 1. The maximum atomic E-state index is 14.0. The molecule has 4 heterocycles. The van der Waals surface area contributed by atoms with Crippen LogP contribution in [0.2, 0.25) is 0 Å². The van der Waals surface area contributed by atoms with Crippen LogP contribution in [0.5, 0.6) is 0 Å². The highest BCUT2D eigenvalue weighted by Crippen LogP contribution is 2.30. The van der Waals surface area contributed by atoms with E-state index in [9.17, 15) is 9.18 Å². The molecule has 3 N–H and O–H groups in total. The summed E-state index contributed by atoms with van der Waals surface area (Å²) >= 11 is 3.51. The zero-order valence-corrected chi connectivity index (χ0v) is 20.7. The number of nitrogen functional groups attached to an aromatic ring is 1. The summed E-state index contributed by atoms with van der Waals surface area (Å²) in [6.07, 6.45) is 10.9. The van der Waals surface area contributed by atoms with Crippen molar-refractivity contribution < 1.29 is 14.3 Å². The number of halogens is 2. The zero-order chi connectivity index (χ0) is 24.9. The van der Waals surface area contributed by atoms with Gasteiger partial charge in [0.2, 0.25) is 0 Å².